The molecule has 0 unspecified atom stereocenters. The highest BCUT2D eigenvalue weighted by atomic mass is 19.4. The van der Waals surface area contributed by atoms with Gasteiger partial charge in [-0.15, -0.1) is 0 Å². The Morgan fingerprint density at radius 3 is 2.11 bits per heavy atom. The van der Waals surface area contributed by atoms with Crippen molar-refractivity contribution in [3.8, 4) is 11.8 Å². The van der Waals surface area contributed by atoms with E-state index in [1.807, 2.05) is 13.8 Å². The second kappa shape index (κ2) is 6.24. The number of halogens is 4. The van der Waals surface area contributed by atoms with Gasteiger partial charge in [-0.3, -0.25) is 0 Å². The predicted molar refractivity (Wildman–Crippen MR) is 62.2 cm³/mol. The van der Waals surface area contributed by atoms with Crippen LogP contribution in [0.1, 0.15) is 37.6 Å². The van der Waals surface area contributed by atoms with Gasteiger partial charge in [-0.05, 0) is 19.8 Å². The summed E-state index contributed by atoms with van der Waals surface area (Å²) in [6, 6.07) is 0. The third-order valence-electron chi connectivity index (χ3n) is 1.93. The van der Waals surface area contributed by atoms with E-state index >= 15 is 0 Å². The maximum Gasteiger partial charge on any atom is 0.419 e. The molecule has 0 bridgehead atoms. The molecule has 6 heteroatoms. The summed E-state index contributed by atoms with van der Waals surface area (Å²) in [4.78, 5) is 3.30. The van der Waals surface area contributed by atoms with E-state index in [1.54, 1.807) is 0 Å². The lowest BCUT2D eigenvalue weighted by Gasteiger charge is -2.13. The molecule has 0 fully saturated rings. The van der Waals surface area contributed by atoms with Crippen molar-refractivity contribution in [2.45, 2.75) is 33.9 Å². The van der Waals surface area contributed by atoms with Crippen LogP contribution in [-0.4, -0.2) is 4.98 Å². The van der Waals surface area contributed by atoms with Crippen LogP contribution in [0.5, 0.6) is 0 Å². The van der Waals surface area contributed by atoms with E-state index in [0.717, 1.165) is 6.92 Å². The van der Waals surface area contributed by atoms with E-state index in [0.29, 0.717) is 0 Å². The highest BCUT2D eigenvalue weighted by molar-refractivity contribution is 5.49. The lowest BCUT2D eigenvalue weighted by atomic mass is 10.1. The Balaban J connectivity index is 0.00000137. The summed E-state index contributed by atoms with van der Waals surface area (Å²) in [5.41, 5.74) is 2.83. The van der Waals surface area contributed by atoms with Gasteiger partial charge in [-0.1, -0.05) is 19.8 Å². The Morgan fingerprint density at radius 1 is 1.22 bits per heavy atom. The molecule has 0 aliphatic rings. The number of nitrogens with zero attached hydrogens (tertiary/aromatic N) is 1. The largest absolute Gasteiger partial charge is 0.419 e. The normalized spacial score (nSPS) is 10.0. The Morgan fingerprint density at radius 2 is 1.72 bits per heavy atom. The van der Waals surface area contributed by atoms with Gasteiger partial charge in [0.2, 0.25) is 0 Å². The van der Waals surface area contributed by atoms with Crippen molar-refractivity contribution in [1.29, 1.82) is 0 Å². The molecule has 1 aromatic rings. The fraction of sp³-hybridized carbons (Fsp3) is 0.417. The monoisotopic (exact) mass is 262 g/mol. The van der Waals surface area contributed by atoms with Gasteiger partial charge in [0.05, 0.1) is 5.56 Å². The zero-order valence-corrected chi connectivity index (χ0v) is 10.5. The minimum absolute atomic E-state index is 0.550. The third-order valence-corrected chi connectivity index (χ3v) is 1.93. The second-order valence-electron chi connectivity index (χ2n) is 3.03. The van der Waals surface area contributed by atoms with Crippen LogP contribution in [0.3, 0.4) is 0 Å². The van der Waals surface area contributed by atoms with Crippen LogP contribution in [0.25, 0.3) is 0 Å². The highest BCUT2D eigenvalue weighted by Crippen LogP contribution is 2.35. The van der Waals surface area contributed by atoms with Crippen molar-refractivity contribution in [1.82, 2.24) is 4.98 Å². The van der Waals surface area contributed by atoms with Gasteiger partial charge in [-0.25, -0.2) is 9.37 Å². The van der Waals surface area contributed by atoms with Crippen molar-refractivity contribution in [3.05, 3.63) is 22.6 Å². The molecule has 0 amide bonds. The average Bonchev–Trinajstić information content (AvgIpc) is 2.27. The average molecular weight is 262 g/mol. The molecule has 1 rings (SSSR count). The van der Waals surface area contributed by atoms with Crippen LogP contribution in [0.2, 0.25) is 0 Å². The molecule has 0 aliphatic heterocycles. The third kappa shape index (κ3) is 3.36. The van der Waals surface area contributed by atoms with Gasteiger partial charge in [0, 0.05) is 5.56 Å². The molecular formula is C12H14F4N2. The first-order chi connectivity index (χ1) is 8.29. The fourth-order valence-corrected chi connectivity index (χ4v) is 1.26. The summed E-state index contributed by atoms with van der Waals surface area (Å²) < 4.78 is 51.1. The first-order valence-electron chi connectivity index (χ1n) is 5.24. The summed E-state index contributed by atoms with van der Waals surface area (Å²) in [6.45, 7) is 6.35. The van der Waals surface area contributed by atoms with E-state index in [-0.39, 0.29) is 0 Å². The van der Waals surface area contributed by atoms with Crippen molar-refractivity contribution >= 4 is 5.82 Å². The number of anilines is 1. The number of nitrogens with two attached hydrogens (primary N) is 1. The molecule has 2 nitrogen and oxygen atoms in total. The Labute approximate surface area is 103 Å². The molecule has 1 heterocycles. The SMILES string of the molecule is CC.CC#Cc1nc(N)c(F)c(C)c1C(F)(F)F. The summed E-state index contributed by atoms with van der Waals surface area (Å²) >= 11 is 0. The molecule has 0 aliphatic carbocycles. The van der Waals surface area contributed by atoms with Gasteiger partial charge >= 0.3 is 6.18 Å². The number of rotatable bonds is 0. The number of nitrogen functional groups attached to an aromatic ring is 1. The standard InChI is InChI=1S/C10H8F4N2.C2H6/c1-3-4-6-7(10(12,13)14)5(2)8(11)9(15)16-6;1-2/h1-2H3,(H2,15,16);1-2H3. The number of aromatic nitrogens is 1. The predicted octanol–water partition coefficient (Wildman–Crippen LogP) is 3.53. The number of hydrogen-bond donors (Lipinski definition) is 1. The van der Waals surface area contributed by atoms with Crippen LogP contribution in [-0.2, 0) is 6.18 Å². The topological polar surface area (TPSA) is 38.9 Å². The smallest absolute Gasteiger partial charge is 0.381 e. The second-order valence-corrected chi connectivity index (χ2v) is 3.03. The molecule has 0 saturated heterocycles. The van der Waals surface area contributed by atoms with Crippen molar-refractivity contribution in [2.24, 2.45) is 0 Å². The van der Waals surface area contributed by atoms with Crippen LogP contribution in [0.4, 0.5) is 23.4 Å². The van der Waals surface area contributed by atoms with Gasteiger partial charge < -0.3 is 5.73 Å². The minimum atomic E-state index is -4.70. The van der Waals surface area contributed by atoms with Gasteiger partial charge in [0.1, 0.15) is 5.69 Å². The Hall–Kier alpha value is -1.77. The number of pyridine rings is 1. The van der Waals surface area contributed by atoms with Gasteiger partial charge in [0.15, 0.2) is 11.6 Å². The summed E-state index contributed by atoms with van der Waals surface area (Å²) in [7, 11) is 0. The van der Waals surface area contributed by atoms with Crippen molar-refractivity contribution in [3.63, 3.8) is 0 Å². The zero-order chi connectivity index (χ0) is 14.5. The Kier molecular flexibility index (Phi) is 5.63. The molecule has 18 heavy (non-hydrogen) atoms. The van der Waals surface area contributed by atoms with Crippen LogP contribution < -0.4 is 5.73 Å². The maximum absolute atomic E-state index is 13.2. The zero-order valence-electron chi connectivity index (χ0n) is 10.5. The minimum Gasteiger partial charge on any atom is -0.381 e. The molecular weight excluding hydrogens is 248 g/mol. The van der Waals surface area contributed by atoms with Gasteiger partial charge in [0.25, 0.3) is 0 Å². The van der Waals surface area contributed by atoms with Crippen LogP contribution in [0.15, 0.2) is 0 Å². The van der Waals surface area contributed by atoms with Crippen molar-refractivity contribution < 1.29 is 17.6 Å². The van der Waals surface area contributed by atoms with Crippen molar-refractivity contribution in [2.75, 3.05) is 5.73 Å². The highest BCUT2D eigenvalue weighted by Gasteiger charge is 2.37. The summed E-state index contributed by atoms with van der Waals surface area (Å²) in [6.07, 6.45) is -4.70. The first kappa shape index (κ1) is 16.2. The molecule has 0 radical (unpaired) electrons. The fourth-order valence-electron chi connectivity index (χ4n) is 1.26. The number of hydrogen-bond acceptors (Lipinski definition) is 2. The van der Waals surface area contributed by atoms with E-state index < -0.39 is 34.6 Å². The molecule has 100 valence electrons. The van der Waals surface area contributed by atoms with Crippen LogP contribution in [0, 0.1) is 24.6 Å². The number of alkyl halides is 3. The van der Waals surface area contributed by atoms with Gasteiger partial charge in [-0.2, -0.15) is 13.2 Å². The van der Waals surface area contributed by atoms with E-state index in [1.165, 1.54) is 6.92 Å². The summed E-state index contributed by atoms with van der Waals surface area (Å²) in [5, 5.41) is 0. The molecule has 1 aromatic heterocycles. The molecule has 0 saturated carbocycles. The molecule has 2 N–H and O–H groups in total. The molecule has 0 atom stereocenters. The quantitative estimate of drug-likeness (QED) is 0.574. The van der Waals surface area contributed by atoms with E-state index in [2.05, 4.69) is 16.8 Å². The lowest BCUT2D eigenvalue weighted by molar-refractivity contribution is -0.138. The maximum atomic E-state index is 13.2. The summed E-state index contributed by atoms with van der Waals surface area (Å²) in [5.74, 6) is 2.70. The lowest BCUT2D eigenvalue weighted by Crippen LogP contribution is -2.15. The molecule has 0 spiro atoms. The van der Waals surface area contributed by atoms with E-state index in [9.17, 15) is 17.6 Å². The van der Waals surface area contributed by atoms with E-state index in [4.69, 9.17) is 5.73 Å². The van der Waals surface area contributed by atoms with Crippen LogP contribution >= 0.6 is 0 Å². The first-order valence-corrected chi connectivity index (χ1v) is 5.24. The Bertz CT molecular complexity index is 482. The molecule has 0 aromatic carbocycles.